The summed E-state index contributed by atoms with van der Waals surface area (Å²) in [6.45, 7) is 25.5. The zero-order valence-corrected chi connectivity index (χ0v) is 28.3. The molecule has 1 fully saturated rings. The zero-order valence-electron chi connectivity index (χ0n) is 28.3. The van der Waals surface area contributed by atoms with E-state index in [-0.39, 0.29) is 50.7 Å². The van der Waals surface area contributed by atoms with Crippen molar-refractivity contribution in [1.82, 2.24) is 5.32 Å². The van der Waals surface area contributed by atoms with Crippen molar-refractivity contribution < 1.29 is 14.4 Å². The van der Waals surface area contributed by atoms with Gasteiger partial charge in [0.1, 0.15) is 6.07 Å². The molecule has 1 amide bonds. The highest BCUT2D eigenvalue weighted by atomic mass is 16.2. The lowest BCUT2D eigenvalue weighted by Gasteiger charge is -2.61. The lowest BCUT2D eigenvalue weighted by molar-refractivity contribution is -0.131. The number of Topliss-reactive ketones (excluding diaryl/α,β-unsaturated/α-hetero) is 1. The van der Waals surface area contributed by atoms with Crippen LogP contribution in [0.2, 0.25) is 0 Å². The molecule has 0 aliphatic heterocycles. The molecule has 0 saturated heterocycles. The fourth-order valence-corrected chi connectivity index (χ4v) is 8.07. The third-order valence-corrected chi connectivity index (χ3v) is 11.3. The van der Waals surface area contributed by atoms with Gasteiger partial charge in [0, 0.05) is 22.8 Å². The third-order valence-electron chi connectivity index (χ3n) is 11.3. The molecule has 0 radical (unpaired) electrons. The summed E-state index contributed by atoms with van der Waals surface area (Å²) >= 11 is 0. The van der Waals surface area contributed by atoms with Crippen LogP contribution < -0.4 is 5.32 Å². The van der Waals surface area contributed by atoms with Gasteiger partial charge in [-0.05, 0) is 87.0 Å². The fourth-order valence-electron chi connectivity index (χ4n) is 8.07. The first-order chi connectivity index (χ1) is 18.6. The Morgan fingerprint density at radius 2 is 1.61 bits per heavy atom. The van der Waals surface area contributed by atoms with Gasteiger partial charge in [-0.15, -0.1) is 0 Å². The number of rotatable bonds is 12. The first-order valence-corrected chi connectivity index (χ1v) is 15.9. The Hall–Kier alpha value is -2.22. The quantitative estimate of drug-likeness (QED) is 0.239. The maximum atomic E-state index is 13.2. The Balaban J connectivity index is 2.53. The fraction of sp³-hybridized carbons (Fsp3) is 0.778. The maximum absolute atomic E-state index is 13.2. The number of hydrogen-bond acceptors (Lipinski definition) is 4. The summed E-state index contributed by atoms with van der Waals surface area (Å²) in [5.74, 6) is -0.0214. The second-order valence-corrected chi connectivity index (χ2v) is 15.9. The second kappa shape index (κ2) is 12.2. The number of carbonyl (C=O) groups is 3. The number of carbonyl (C=O) groups excluding carboxylic acids is 3. The van der Waals surface area contributed by atoms with E-state index in [9.17, 15) is 19.6 Å². The molecule has 0 aromatic rings. The Labute approximate surface area is 251 Å². The van der Waals surface area contributed by atoms with Crippen LogP contribution in [0.25, 0.3) is 0 Å². The van der Waals surface area contributed by atoms with E-state index in [0.29, 0.717) is 6.42 Å². The van der Waals surface area contributed by atoms with Gasteiger partial charge in [0.2, 0.25) is 5.91 Å². The summed E-state index contributed by atoms with van der Waals surface area (Å²) < 4.78 is 0. The Kier molecular flexibility index (Phi) is 10.4. The first-order valence-electron chi connectivity index (χ1n) is 15.9. The molecule has 230 valence electrons. The molecule has 2 aliphatic rings. The number of allylic oxidation sites excluding steroid dienone is 4. The average molecular weight is 567 g/mol. The number of nitrogens with one attached hydrogen (secondary N) is 1. The van der Waals surface area contributed by atoms with Crippen molar-refractivity contribution in [2.45, 2.75) is 146 Å². The highest BCUT2D eigenvalue weighted by molar-refractivity contribution is 6.04. The highest BCUT2D eigenvalue weighted by Gasteiger charge is 2.61. The summed E-state index contributed by atoms with van der Waals surface area (Å²) in [6, 6.07) is 2.17. The predicted molar refractivity (Wildman–Crippen MR) is 168 cm³/mol. The van der Waals surface area contributed by atoms with Crippen molar-refractivity contribution in [3.63, 3.8) is 0 Å². The minimum absolute atomic E-state index is 0.00369. The van der Waals surface area contributed by atoms with E-state index in [4.69, 9.17) is 0 Å². The van der Waals surface area contributed by atoms with Crippen LogP contribution in [0.15, 0.2) is 23.3 Å². The van der Waals surface area contributed by atoms with Gasteiger partial charge in [-0.25, -0.2) is 0 Å². The minimum Gasteiger partial charge on any atom is -0.351 e. The molecule has 5 heteroatoms. The van der Waals surface area contributed by atoms with Crippen LogP contribution in [0.1, 0.15) is 141 Å². The van der Waals surface area contributed by atoms with Gasteiger partial charge >= 0.3 is 0 Å². The molecular weight excluding hydrogens is 508 g/mol. The van der Waals surface area contributed by atoms with Crippen molar-refractivity contribution in [1.29, 1.82) is 5.26 Å². The average Bonchev–Trinajstić information content (AvgIpc) is 2.86. The van der Waals surface area contributed by atoms with E-state index in [1.54, 1.807) is 13.0 Å². The SMILES string of the molecule is CCCC(C)(C)CC[C@@](C)(CCC(C)(C)[C@]1(C)CC[C@H]2C(C)(C)C(=O)C(C#N)=C[C@]2(C)/C1=C/C(C)=O)NC(=O)CC. The Bertz CT molecular complexity index is 1130. The summed E-state index contributed by atoms with van der Waals surface area (Å²) in [4.78, 5) is 38.7. The first kappa shape index (κ1) is 35.0. The summed E-state index contributed by atoms with van der Waals surface area (Å²) in [7, 11) is 0. The highest BCUT2D eigenvalue weighted by Crippen LogP contribution is 2.67. The Morgan fingerprint density at radius 3 is 2.12 bits per heavy atom. The van der Waals surface area contributed by atoms with Gasteiger partial charge < -0.3 is 5.32 Å². The van der Waals surface area contributed by atoms with Crippen molar-refractivity contribution in [2.75, 3.05) is 0 Å². The van der Waals surface area contributed by atoms with Crippen molar-refractivity contribution in [2.24, 2.45) is 33.0 Å². The molecule has 0 unspecified atom stereocenters. The van der Waals surface area contributed by atoms with E-state index in [0.717, 1.165) is 56.9 Å². The van der Waals surface area contributed by atoms with Crippen molar-refractivity contribution in [3.05, 3.63) is 23.3 Å². The van der Waals surface area contributed by atoms with Gasteiger partial charge in [0.15, 0.2) is 11.6 Å². The molecule has 0 bridgehead atoms. The second-order valence-electron chi connectivity index (χ2n) is 15.9. The van der Waals surface area contributed by atoms with Crippen LogP contribution in [0.5, 0.6) is 0 Å². The molecule has 1 saturated carbocycles. The third kappa shape index (κ3) is 7.06. The zero-order chi connectivity index (χ0) is 31.7. The number of hydrogen-bond donors (Lipinski definition) is 1. The standard InChI is InChI=1S/C36H58N2O3/c1-13-16-31(4,5)18-20-34(10,38-29(40)14-2)21-19-32(6,7)36(12)17-15-27-33(8,9)30(41)26(24-37)23-35(27,11)28(36)22-25(3)39/h22-23,27H,13-21H2,1-12H3,(H,38,40)/b28-22-/t27-,34-,35-,36+/m0/s1. The molecule has 41 heavy (non-hydrogen) atoms. The maximum Gasteiger partial charge on any atom is 0.220 e. The van der Waals surface area contributed by atoms with Gasteiger partial charge in [-0.3, -0.25) is 14.4 Å². The van der Waals surface area contributed by atoms with E-state index < -0.39 is 10.8 Å². The van der Waals surface area contributed by atoms with E-state index in [1.807, 2.05) is 26.8 Å². The van der Waals surface area contributed by atoms with Gasteiger partial charge in [0.05, 0.1) is 5.57 Å². The van der Waals surface area contributed by atoms with E-state index in [1.165, 1.54) is 0 Å². The molecule has 0 spiro atoms. The van der Waals surface area contributed by atoms with Crippen LogP contribution in [0.3, 0.4) is 0 Å². The molecule has 1 N–H and O–H groups in total. The summed E-state index contributed by atoms with van der Waals surface area (Å²) in [5, 5.41) is 13.3. The van der Waals surface area contributed by atoms with Crippen LogP contribution in [-0.4, -0.2) is 23.0 Å². The minimum atomic E-state index is -0.690. The Morgan fingerprint density at radius 1 is 1.02 bits per heavy atom. The topological polar surface area (TPSA) is 87.0 Å². The molecule has 0 heterocycles. The number of nitrogens with zero attached hydrogens (tertiary/aromatic N) is 1. The summed E-state index contributed by atoms with van der Waals surface area (Å²) in [6.07, 6.45) is 11.8. The van der Waals surface area contributed by atoms with E-state index in [2.05, 4.69) is 66.8 Å². The molecule has 2 aliphatic carbocycles. The molecule has 0 aromatic heterocycles. The van der Waals surface area contributed by atoms with Crippen molar-refractivity contribution >= 4 is 17.5 Å². The van der Waals surface area contributed by atoms with Crippen LogP contribution >= 0.6 is 0 Å². The van der Waals surface area contributed by atoms with Gasteiger partial charge in [-0.1, -0.05) is 87.3 Å². The smallest absolute Gasteiger partial charge is 0.220 e. The van der Waals surface area contributed by atoms with Crippen LogP contribution in [0.4, 0.5) is 0 Å². The van der Waals surface area contributed by atoms with Crippen LogP contribution in [0, 0.1) is 44.3 Å². The number of fused-ring (bicyclic) bond motifs is 1. The van der Waals surface area contributed by atoms with Crippen LogP contribution in [-0.2, 0) is 14.4 Å². The molecule has 5 nitrogen and oxygen atoms in total. The van der Waals surface area contributed by atoms with E-state index >= 15 is 0 Å². The number of ketones is 2. The predicted octanol–water partition coefficient (Wildman–Crippen LogP) is 8.68. The van der Waals surface area contributed by atoms with Gasteiger partial charge in [-0.2, -0.15) is 5.26 Å². The summed E-state index contributed by atoms with van der Waals surface area (Å²) in [5.41, 5.74) is -0.697. The molecule has 2 rings (SSSR count). The molecule has 0 aromatic carbocycles. The number of amides is 1. The molecular formula is C36H58N2O3. The van der Waals surface area contributed by atoms with Gasteiger partial charge in [0.25, 0.3) is 0 Å². The van der Waals surface area contributed by atoms with Crippen molar-refractivity contribution in [3.8, 4) is 6.07 Å². The largest absolute Gasteiger partial charge is 0.351 e. The lowest BCUT2D eigenvalue weighted by Crippen LogP contribution is -2.56. The lowest BCUT2D eigenvalue weighted by atomic mass is 9.42. The normalized spacial score (nSPS) is 28.8. The number of nitriles is 1. The molecule has 4 atom stereocenters. The monoisotopic (exact) mass is 566 g/mol.